The fourth-order valence-corrected chi connectivity index (χ4v) is 2.83. The maximum Gasteiger partial charge on any atom is 0.416 e. The zero-order valence-corrected chi connectivity index (χ0v) is 14.1. The summed E-state index contributed by atoms with van der Waals surface area (Å²) >= 11 is 0. The molecule has 0 atom stereocenters. The number of amides is 1. The molecule has 138 valence electrons. The Morgan fingerprint density at radius 1 is 1.12 bits per heavy atom. The predicted molar refractivity (Wildman–Crippen MR) is 90.5 cm³/mol. The van der Waals surface area contributed by atoms with Crippen molar-refractivity contribution in [2.45, 2.75) is 32.0 Å². The average Bonchev–Trinajstić information content (AvgIpc) is 3.15. The van der Waals surface area contributed by atoms with E-state index in [1.807, 2.05) is 6.07 Å². The van der Waals surface area contributed by atoms with Crippen molar-refractivity contribution in [2.75, 3.05) is 18.0 Å². The van der Waals surface area contributed by atoms with Crippen LogP contribution in [-0.2, 0) is 23.9 Å². The summed E-state index contributed by atoms with van der Waals surface area (Å²) in [7, 11) is 0. The Bertz CT molecular complexity index is 756. The van der Waals surface area contributed by atoms with E-state index >= 15 is 0 Å². The number of carbonyl (C=O) groups is 1. The minimum absolute atomic E-state index is 0.00392. The van der Waals surface area contributed by atoms with Crippen LogP contribution in [0.15, 0.2) is 36.5 Å². The van der Waals surface area contributed by atoms with E-state index in [-0.39, 0.29) is 18.9 Å². The lowest BCUT2D eigenvalue weighted by Gasteiger charge is -2.16. The van der Waals surface area contributed by atoms with Gasteiger partial charge in [-0.3, -0.25) is 4.79 Å². The van der Waals surface area contributed by atoms with E-state index in [9.17, 15) is 18.0 Å². The summed E-state index contributed by atoms with van der Waals surface area (Å²) in [4.78, 5) is 22.8. The summed E-state index contributed by atoms with van der Waals surface area (Å²) in [5, 5.41) is 2.71. The molecule has 1 aliphatic heterocycles. The van der Waals surface area contributed by atoms with Crippen molar-refractivity contribution in [3.63, 3.8) is 0 Å². The van der Waals surface area contributed by atoms with Crippen LogP contribution in [0.4, 0.5) is 19.0 Å². The van der Waals surface area contributed by atoms with Crippen LogP contribution in [0.2, 0.25) is 0 Å². The molecular formula is C18H19F3N4O. The topological polar surface area (TPSA) is 58.1 Å². The fourth-order valence-electron chi connectivity index (χ4n) is 2.83. The minimum atomic E-state index is -4.38. The highest BCUT2D eigenvalue weighted by atomic mass is 19.4. The third-order valence-electron chi connectivity index (χ3n) is 4.21. The lowest BCUT2D eigenvalue weighted by atomic mass is 10.1. The lowest BCUT2D eigenvalue weighted by Crippen LogP contribution is -2.26. The summed E-state index contributed by atoms with van der Waals surface area (Å²) in [5.41, 5.74) is -0.212. The van der Waals surface area contributed by atoms with Crippen LogP contribution in [-0.4, -0.2) is 29.0 Å². The number of rotatable bonds is 5. The number of nitrogens with zero attached hydrogens (tertiary/aromatic N) is 3. The van der Waals surface area contributed by atoms with Crippen molar-refractivity contribution in [3.8, 4) is 0 Å². The Kier molecular flexibility index (Phi) is 5.39. The summed E-state index contributed by atoms with van der Waals surface area (Å²) in [5.74, 6) is 1.07. The first-order valence-electron chi connectivity index (χ1n) is 8.41. The molecule has 0 saturated carbocycles. The molecule has 0 radical (unpaired) electrons. The van der Waals surface area contributed by atoms with Gasteiger partial charge in [-0.2, -0.15) is 13.2 Å². The number of halogens is 3. The van der Waals surface area contributed by atoms with Crippen LogP contribution in [0.25, 0.3) is 0 Å². The third-order valence-corrected chi connectivity index (χ3v) is 4.21. The number of nitrogens with one attached hydrogen (secondary N) is 1. The van der Waals surface area contributed by atoms with Crippen molar-refractivity contribution in [1.82, 2.24) is 15.3 Å². The first-order chi connectivity index (χ1) is 12.4. The maximum absolute atomic E-state index is 12.5. The largest absolute Gasteiger partial charge is 0.416 e. The van der Waals surface area contributed by atoms with Gasteiger partial charge in [0, 0.05) is 19.3 Å². The fraction of sp³-hybridized carbons (Fsp3) is 0.389. The predicted octanol–water partition coefficient (Wildman–Crippen LogP) is 2.95. The molecule has 3 rings (SSSR count). The Balaban J connectivity index is 1.53. The van der Waals surface area contributed by atoms with E-state index < -0.39 is 11.7 Å². The number of benzene rings is 1. The van der Waals surface area contributed by atoms with Gasteiger partial charge < -0.3 is 10.2 Å². The van der Waals surface area contributed by atoms with Gasteiger partial charge in [0.1, 0.15) is 11.6 Å². The maximum atomic E-state index is 12.5. The molecule has 1 amide bonds. The summed E-state index contributed by atoms with van der Waals surface area (Å²) in [6.07, 6.45) is -0.424. The van der Waals surface area contributed by atoms with Gasteiger partial charge in [-0.05, 0) is 36.6 Å². The molecule has 1 saturated heterocycles. The molecule has 0 bridgehead atoms. The van der Waals surface area contributed by atoms with E-state index in [4.69, 9.17) is 0 Å². The van der Waals surface area contributed by atoms with E-state index in [2.05, 4.69) is 20.2 Å². The number of hydrogen-bond donors (Lipinski definition) is 1. The Labute approximate surface area is 149 Å². The normalized spacial score (nSPS) is 14.5. The average molecular weight is 364 g/mol. The third kappa shape index (κ3) is 4.71. The molecule has 2 heterocycles. The van der Waals surface area contributed by atoms with Crippen molar-refractivity contribution in [1.29, 1.82) is 0 Å². The minimum Gasteiger partial charge on any atom is -0.357 e. The smallest absolute Gasteiger partial charge is 0.357 e. The summed E-state index contributed by atoms with van der Waals surface area (Å²) < 4.78 is 37.6. The van der Waals surface area contributed by atoms with Crippen LogP contribution < -0.4 is 10.2 Å². The van der Waals surface area contributed by atoms with Crippen molar-refractivity contribution >= 4 is 11.7 Å². The van der Waals surface area contributed by atoms with Crippen LogP contribution in [0.3, 0.4) is 0 Å². The van der Waals surface area contributed by atoms with Crippen molar-refractivity contribution in [3.05, 3.63) is 53.5 Å². The zero-order chi connectivity index (χ0) is 18.6. The highest BCUT2D eigenvalue weighted by Crippen LogP contribution is 2.29. The highest BCUT2D eigenvalue weighted by Gasteiger charge is 2.29. The van der Waals surface area contributed by atoms with Crippen LogP contribution in [0.1, 0.15) is 29.8 Å². The molecule has 0 aliphatic carbocycles. The number of hydrogen-bond acceptors (Lipinski definition) is 4. The molecule has 1 aliphatic rings. The second kappa shape index (κ2) is 7.72. The molecule has 0 spiro atoms. The number of anilines is 1. The molecule has 1 fully saturated rings. The van der Waals surface area contributed by atoms with E-state index in [0.717, 1.165) is 43.9 Å². The number of aromatic nitrogens is 2. The molecule has 1 aromatic carbocycles. The van der Waals surface area contributed by atoms with Gasteiger partial charge in [0.15, 0.2) is 0 Å². The second-order valence-electron chi connectivity index (χ2n) is 6.17. The Morgan fingerprint density at radius 3 is 2.46 bits per heavy atom. The van der Waals surface area contributed by atoms with E-state index in [1.54, 1.807) is 6.20 Å². The molecule has 5 nitrogen and oxygen atoms in total. The molecular weight excluding hydrogens is 345 g/mol. The van der Waals surface area contributed by atoms with Gasteiger partial charge in [0.05, 0.1) is 18.5 Å². The van der Waals surface area contributed by atoms with Gasteiger partial charge in [-0.1, -0.05) is 12.1 Å². The van der Waals surface area contributed by atoms with Gasteiger partial charge in [-0.25, -0.2) is 9.97 Å². The first-order valence-corrected chi connectivity index (χ1v) is 8.41. The van der Waals surface area contributed by atoms with Gasteiger partial charge in [-0.15, -0.1) is 0 Å². The number of carbonyl (C=O) groups excluding carboxylic acids is 1. The highest BCUT2D eigenvalue weighted by molar-refractivity contribution is 5.78. The van der Waals surface area contributed by atoms with Gasteiger partial charge >= 0.3 is 6.18 Å². The van der Waals surface area contributed by atoms with Crippen LogP contribution in [0.5, 0.6) is 0 Å². The number of alkyl halides is 3. The SMILES string of the molecule is O=C(Cc1ccc(C(F)(F)F)cc1)NCc1nccc(N2CCCC2)n1. The van der Waals surface area contributed by atoms with Crippen molar-refractivity contribution < 1.29 is 18.0 Å². The van der Waals surface area contributed by atoms with E-state index in [1.165, 1.54) is 12.1 Å². The first kappa shape index (κ1) is 18.2. The zero-order valence-electron chi connectivity index (χ0n) is 14.1. The van der Waals surface area contributed by atoms with Gasteiger partial charge in [0.2, 0.25) is 5.91 Å². The monoisotopic (exact) mass is 364 g/mol. The van der Waals surface area contributed by atoms with Crippen LogP contribution >= 0.6 is 0 Å². The quantitative estimate of drug-likeness (QED) is 0.886. The molecule has 1 aromatic heterocycles. The summed E-state index contributed by atoms with van der Waals surface area (Å²) in [6, 6.07) is 6.43. The lowest BCUT2D eigenvalue weighted by molar-refractivity contribution is -0.137. The molecule has 1 N–H and O–H groups in total. The Morgan fingerprint density at radius 2 is 1.81 bits per heavy atom. The molecule has 26 heavy (non-hydrogen) atoms. The molecule has 8 heteroatoms. The Hall–Kier alpha value is -2.64. The molecule has 0 unspecified atom stereocenters. The standard InChI is InChI=1S/C18H19F3N4O/c19-18(20,21)14-5-3-13(4-6-14)11-17(26)23-12-15-22-8-7-16(24-15)25-9-1-2-10-25/h3-8H,1-2,9-12H2,(H,23,26). The van der Waals surface area contributed by atoms with Crippen LogP contribution in [0, 0.1) is 0 Å². The van der Waals surface area contributed by atoms with Gasteiger partial charge in [0.25, 0.3) is 0 Å². The second-order valence-corrected chi connectivity index (χ2v) is 6.17. The molecule has 2 aromatic rings. The van der Waals surface area contributed by atoms with Crippen molar-refractivity contribution in [2.24, 2.45) is 0 Å². The van der Waals surface area contributed by atoms with E-state index in [0.29, 0.717) is 11.4 Å². The summed E-state index contributed by atoms with van der Waals surface area (Å²) in [6.45, 7) is 2.12.